The zero-order valence-electron chi connectivity index (χ0n) is 12.4. The standard InChI is InChI=1S/C15H30N2S/c1-13-7-5-4-6-8-17(13)15(10-16)9-14(2,3)11-18-12-15/h13H,4-12,16H2,1-3H3. The van der Waals surface area contributed by atoms with Crippen molar-refractivity contribution in [3.8, 4) is 0 Å². The van der Waals surface area contributed by atoms with Gasteiger partial charge in [-0.2, -0.15) is 11.8 Å². The van der Waals surface area contributed by atoms with Gasteiger partial charge in [0.25, 0.3) is 0 Å². The van der Waals surface area contributed by atoms with Crippen LogP contribution in [0.1, 0.15) is 52.9 Å². The van der Waals surface area contributed by atoms with Gasteiger partial charge < -0.3 is 5.73 Å². The van der Waals surface area contributed by atoms with E-state index in [-0.39, 0.29) is 5.54 Å². The van der Waals surface area contributed by atoms with Crippen LogP contribution in [0.5, 0.6) is 0 Å². The van der Waals surface area contributed by atoms with Gasteiger partial charge in [0.05, 0.1) is 0 Å². The fourth-order valence-electron chi connectivity index (χ4n) is 3.92. The highest BCUT2D eigenvalue weighted by Gasteiger charge is 2.45. The summed E-state index contributed by atoms with van der Waals surface area (Å²) in [6.45, 7) is 9.32. The number of hydrogen-bond donors (Lipinski definition) is 1. The first kappa shape index (κ1) is 14.7. The van der Waals surface area contributed by atoms with Crippen LogP contribution in [0.3, 0.4) is 0 Å². The van der Waals surface area contributed by atoms with Crippen LogP contribution in [-0.2, 0) is 0 Å². The first-order valence-electron chi connectivity index (χ1n) is 7.54. The highest BCUT2D eigenvalue weighted by molar-refractivity contribution is 7.99. The Morgan fingerprint density at radius 3 is 2.67 bits per heavy atom. The molecule has 0 aliphatic carbocycles. The number of hydrogen-bond acceptors (Lipinski definition) is 3. The first-order valence-corrected chi connectivity index (χ1v) is 8.69. The lowest BCUT2D eigenvalue weighted by Crippen LogP contribution is -2.62. The van der Waals surface area contributed by atoms with Gasteiger partial charge in [-0.1, -0.05) is 26.7 Å². The maximum Gasteiger partial charge on any atom is 0.0430 e. The van der Waals surface area contributed by atoms with Crippen molar-refractivity contribution in [1.29, 1.82) is 0 Å². The van der Waals surface area contributed by atoms with Crippen molar-refractivity contribution in [2.24, 2.45) is 11.1 Å². The molecule has 2 nitrogen and oxygen atoms in total. The monoisotopic (exact) mass is 270 g/mol. The quantitative estimate of drug-likeness (QED) is 0.836. The fourth-order valence-corrected chi connectivity index (χ4v) is 5.44. The number of likely N-dealkylation sites (tertiary alicyclic amines) is 1. The smallest absolute Gasteiger partial charge is 0.0430 e. The normalized spacial score (nSPS) is 38.3. The third-order valence-electron chi connectivity index (χ3n) is 4.71. The minimum Gasteiger partial charge on any atom is -0.329 e. The van der Waals surface area contributed by atoms with E-state index in [1.54, 1.807) is 0 Å². The Morgan fingerprint density at radius 2 is 2.00 bits per heavy atom. The molecule has 3 heteroatoms. The summed E-state index contributed by atoms with van der Waals surface area (Å²) in [5.41, 5.74) is 6.95. The first-order chi connectivity index (χ1) is 8.49. The minimum atomic E-state index is 0.260. The number of nitrogens with zero attached hydrogens (tertiary/aromatic N) is 1. The van der Waals surface area contributed by atoms with Crippen LogP contribution in [0, 0.1) is 5.41 Å². The minimum absolute atomic E-state index is 0.260. The topological polar surface area (TPSA) is 29.3 Å². The van der Waals surface area contributed by atoms with E-state index < -0.39 is 0 Å². The zero-order valence-corrected chi connectivity index (χ0v) is 13.2. The fraction of sp³-hybridized carbons (Fsp3) is 1.00. The Balaban J connectivity index is 2.19. The van der Waals surface area contributed by atoms with Crippen molar-refractivity contribution in [1.82, 2.24) is 4.90 Å². The average Bonchev–Trinajstić information content (AvgIpc) is 2.52. The van der Waals surface area contributed by atoms with Gasteiger partial charge in [0, 0.05) is 23.9 Å². The molecule has 0 spiro atoms. The Kier molecular flexibility index (Phi) is 4.66. The summed E-state index contributed by atoms with van der Waals surface area (Å²) in [7, 11) is 0. The lowest BCUT2D eigenvalue weighted by Gasteiger charge is -2.52. The molecule has 0 saturated carbocycles. The predicted molar refractivity (Wildman–Crippen MR) is 82.1 cm³/mol. The van der Waals surface area contributed by atoms with Crippen LogP contribution in [0.2, 0.25) is 0 Å². The lowest BCUT2D eigenvalue weighted by atomic mass is 9.78. The SMILES string of the molecule is CC1CCCCCN1C1(CN)CSCC(C)(C)C1. The van der Waals surface area contributed by atoms with E-state index >= 15 is 0 Å². The Morgan fingerprint density at radius 1 is 1.22 bits per heavy atom. The molecule has 0 aromatic carbocycles. The van der Waals surface area contributed by atoms with Gasteiger partial charge in [-0.05, 0) is 43.9 Å². The number of thioether (sulfide) groups is 1. The summed E-state index contributed by atoms with van der Waals surface area (Å²) in [6.07, 6.45) is 6.78. The molecular weight excluding hydrogens is 240 g/mol. The third kappa shape index (κ3) is 3.05. The molecule has 0 amide bonds. The molecule has 0 aromatic heterocycles. The molecule has 2 saturated heterocycles. The molecule has 2 rings (SSSR count). The molecule has 2 aliphatic heterocycles. The molecular formula is C15H30N2S. The molecule has 0 radical (unpaired) electrons. The van der Waals surface area contributed by atoms with Crippen LogP contribution in [0.15, 0.2) is 0 Å². The lowest BCUT2D eigenvalue weighted by molar-refractivity contribution is 0.0382. The maximum absolute atomic E-state index is 6.25. The van der Waals surface area contributed by atoms with E-state index in [2.05, 4.69) is 37.4 Å². The second-order valence-electron chi connectivity index (χ2n) is 7.15. The van der Waals surface area contributed by atoms with Gasteiger partial charge in [0.2, 0.25) is 0 Å². The molecule has 0 aromatic rings. The van der Waals surface area contributed by atoms with E-state index in [1.165, 1.54) is 50.2 Å². The summed E-state index contributed by atoms with van der Waals surface area (Å²) in [5, 5.41) is 0. The maximum atomic E-state index is 6.25. The molecule has 2 unspecified atom stereocenters. The zero-order chi connectivity index (χ0) is 13.2. The van der Waals surface area contributed by atoms with E-state index in [4.69, 9.17) is 5.73 Å². The van der Waals surface area contributed by atoms with Gasteiger partial charge in [0.15, 0.2) is 0 Å². The van der Waals surface area contributed by atoms with Crippen molar-refractivity contribution < 1.29 is 0 Å². The van der Waals surface area contributed by atoms with Crippen molar-refractivity contribution in [3.05, 3.63) is 0 Å². The van der Waals surface area contributed by atoms with Crippen LogP contribution in [0.25, 0.3) is 0 Å². The molecule has 2 N–H and O–H groups in total. The Labute approximate surface area is 117 Å². The average molecular weight is 270 g/mol. The number of nitrogens with two attached hydrogens (primary N) is 1. The van der Waals surface area contributed by atoms with Crippen molar-refractivity contribution in [2.75, 3.05) is 24.6 Å². The Hall–Kier alpha value is 0.270. The summed E-state index contributed by atoms with van der Waals surface area (Å²) < 4.78 is 0. The van der Waals surface area contributed by atoms with Crippen LogP contribution >= 0.6 is 11.8 Å². The summed E-state index contributed by atoms with van der Waals surface area (Å²) >= 11 is 2.11. The highest BCUT2D eigenvalue weighted by Crippen LogP contribution is 2.43. The van der Waals surface area contributed by atoms with Crippen molar-refractivity contribution in [2.45, 2.75) is 64.5 Å². The van der Waals surface area contributed by atoms with Crippen LogP contribution in [0.4, 0.5) is 0 Å². The Bertz CT molecular complexity index is 280. The van der Waals surface area contributed by atoms with Gasteiger partial charge in [-0.15, -0.1) is 0 Å². The van der Waals surface area contributed by atoms with E-state index in [0.29, 0.717) is 11.5 Å². The third-order valence-corrected chi connectivity index (χ3v) is 6.44. The summed E-state index contributed by atoms with van der Waals surface area (Å²) in [6, 6.07) is 0.713. The summed E-state index contributed by atoms with van der Waals surface area (Å²) in [4.78, 5) is 2.77. The van der Waals surface area contributed by atoms with Gasteiger partial charge in [-0.3, -0.25) is 4.90 Å². The molecule has 0 bridgehead atoms. The van der Waals surface area contributed by atoms with Crippen LogP contribution < -0.4 is 5.73 Å². The van der Waals surface area contributed by atoms with Gasteiger partial charge >= 0.3 is 0 Å². The van der Waals surface area contributed by atoms with Crippen LogP contribution in [-0.4, -0.2) is 41.1 Å². The second-order valence-corrected chi connectivity index (χ2v) is 8.14. The molecule has 106 valence electrons. The molecule has 2 fully saturated rings. The number of rotatable bonds is 2. The summed E-state index contributed by atoms with van der Waals surface area (Å²) in [5.74, 6) is 2.52. The van der Waals surface area contributed by atoms with Crippen molar-refractivity contribution >= 4 is 11.8 Å². The van der Waals surface area contributed by atoms with E-state index in [0.717, 1.165) is 6.54 Å². The van der Waals surface area contributed by atoms with E-state index in [9.17, 15) is 0 Å². The molecule has 18 heavy (non-hydrogen) atoms. The molecule has 2 atom stereocenters. The predicted octanol–water partition coefficient (Wildman–Crippen LogP) is 3.11. The van der Waals surface area contributed by atoms with Gasteiger partial charge in [0.1, 0.15) is 0 Å². The highest BCUT2D eigenvalue weighted by atomic mass is 32.2. The van der Waals surface area contributed by atoms with Gasteiger partial charge in [-0.25, -0.2) is 0 Å². The second kappa shape index (κ2) is 5.72. The largest absolute Gasteiger partial charge is 0.329 e. The molecule has 2 aliphatic rings. The van der Waals surface area contributed by atoms with Crippen molar-refractivity contribution in [3.63, 3.8) is 0 Å². The molecule has 2 heterocycles. The van der Waals surface area contributed by atoms with E-state index in [1.807, 2.05) is 0 Å².